The van der Waals surface area contributed by atoms with E-state index in [9.17, 15) is 40.2 Å². The fourth-order valence-corrected chi connectivity index (χ4v) is 6.15. The molecule has 0 bridgehead atoms. The molecular formula is C35H42BrN7O8. The Morgan fingerprint density at radius 3 is 2.43 bits per heavy atom. The number of anilines is 1. The molecule has 5 atom stereocenters. The van der Waals surface area contributed by atoms with Crippen molar-refractivity contribution in [1.82, 2.24) is 26.3 Å². The number of carboxylic acids is 1. The van der Waals surface area contributed by atoms with Crippen molar-refractivity contribution < 1.29 is 40.2 Å². The second-order valence-corrected chi connectivity index (χ2v) is 14.2. The third kappa shape index (κ3) is 9.35. The molecule has 16 heteroatoms. The van der Waals surface area contributed by atoms with E-state index >= 15 is 0 Å². The van der Waals surface area contributed by atoms with Crippen LogP contribution in [0.4, 0.5) is 5.69 Å². The molecule has 0 saturated carbocycles. The van der Waals surface area contributed by atoms with Crippen LogP contribution in [-0.2, 0) is 15.0 Å². The number of amides is 1. The van der Waals surface area contributed by atoms with E-state index in [1.807, 2.05) is 26.8 Å². The zero-order valence-corrected chi connectivity index (χ0v) is 29.7. The van der Waals surface area contributed by atoms with Crippen molar-refractivity contribution in [3.8, 4) is 11.5 Å². The van der Waals surface area contributed by atoms with Gasteiger partial charge in [-0.05, 0) is 52.9 Å². The van der Waals surface area contributed by atoms with Gasteiger partial charge in [0.05, 0.1) is 25.2 Å². The van der Waals surface area contributed by atoms with E-state index in [4.69, 9.17) is 0 Å². The number of aliphatic hydroxyl groups excluding tert-OH is 3. The highest BCUT2D eigenvalue weighted by Crippen LogP contribution is 2.34. The van der Waals surface area contributed by atoms with E-state index < -0.39 is 49.1 Å². The molecule has 0 saturated heterocycles. The van der Waals surface area contributed by atoms with Gasteiger partial charge < -0.3 is 51.6 Å². The van der Waals surface area contributed by atoms with Crippen LogP contribution in [0.1, 0.15) is 61.7 Å². The number of carbonyl (C=O) groups excluding carboxylic acids is 1. The van der Waals surface area contributed by atoms with Gasteiger partial charge in [-0.1, -0.05) is 54.9 Å². The number of aliphatic imine (C=N–C) groups is 1. The standard InChI is InChI=1S/C35H42BrN7O8/c1-35(2,3)19-8-17(9-20(36)12-19)27(28(33(50)51)43-32(49)29-30(47)24-6-4-5-7-25(24)41-29)42-26(46)16-37-31(48)18-10-21(13-22(44)11-18)40-34-38-14-23(45)15-39-34/h4-13,23,27-28,31-32,37,41,43-45,47-49H,14-16H2,1-3H3,(H,42,46)(H,50,51)(H2,38,39,40)/t27?,28-,31?,32?/m0/s1. The number of para-hydroxylation sites is 1. The first-order valence-corrected chi connectivity index (χ1v) is 16.9. The van der Waals surface area contributed by atoms with Crippen molar-refractivity contribution in [2.45, 2.75) is 56.8 Å². The molecule has 1 aliphatic heterocycles. The Morgan fingerprint density at radius 2 is 1.76 bits per heavy atom. The van der Waals surface area contributed by atoms with Crippen LogP contribution in [-0.4, -0.2) is 85.2 Å². The summed E-state index contributed by atoms with van der Waals surface area (Å²) in [6, 6.07) is 13.5. The highest BCUT2D eigenvalue weighted by Gasteiger charge is 2.35. The zero-order valence-electron chi connectivity index (χ0n) is 28.1. The lowest BCUT2D eigenvalue weighted by molar-refractivity contribution is -0.142. The maximum atomic E-state index is 13.5. The maximum absolute atomic E-state index is 13.5. The van der Waals surface area contributed by atoms with Gasteiger partial charge in [0, 0.05) is 39.2 Å². The molecule has 1 aliphatic rings. The number of carbonyl (C=O) groups is 2. The number of rotatable bonds is 12. The topological polar surface area (TPSA) is 244 Å². The Hall–Kier alpha value is -4.71. The molecule has 15 nitrogen and oxygen atoms in total. The van der Waals surface area contributed by atoms with Crippen molar-refractivity contribution in [2.24, 2.45) is 4.99 Å². The Labute approximate surface area is 302 Å². The fraction of sp³-hybridized carbons (Fsp3) is 0.343. The summed E-state index contributed by atoms with van der Waals surface area (Å²) in [6.45, 7) is 5.97. The number of β-amino-alcohol motifs (C(OH)–C–C–N with tert-alkyl or cyclic N) is 1. The summed E-state index contributed by atoms with van der Waals surface area (Å²) >= 11 is 3.50. The number of hydrogen-bond acceptors (Lipinski definition) is 12. The van der Waals surface area contributed by atoms with Crippen LogP contribution in [0.2, 0.25) is 0 Å². The van der Waals surface area contributed by atoms with Gasteiger partial charge in [-0.3, -0.25) is 25.2 Å². The van der Waals surface area contributed by atoms with E-state index in [0.29, 0.717) is 32.6 Å². The molecule has 272 valence electrons. The molecule has 51 heavy (non-hydrogen) atoms. The monoisotopic (exact) mass is 767 g/mol. The first-order valence-electron chi connectivity index (χ1n) is 16.1. The molecule has 3 aromatic carbocycles. The summed E-state index contributed by atoms with van der Waals surface area (Å²) in [5.74, 6) is -2.13. The van der Waals surface area contributed by atoms with Gasteiger partial charge in [0.1, 0.15) is 35.7 Å². The zero-order chi connectivity index (χ0) is 37.0. The van der Waals surface area contributed by atoms with E-state index in [1.165, 1.54) is 18.2 Å². The molecule has 0 spiro atoms. The van der Waals surface area contributed by atoms with E-state index in [0.717, 1.165) is 5.56 Å². The lowest BCUT2D eigenvalue weighted by Gasteiger charge is -2.30. The molecule has 12 N–H and O–H groups in total. The van der Waals surface area contributed by atoms with Crippen LogP contribution in [0.25, 0.3) is 10.9 Å². The number of halogens is 1. The number of aromatic hydroxyl groups is 2. The fourth-order valence-electron chi connectivity index (χ4n) is 5.64. The molecule has 0 aliphatic carbocycles. The molecule has 0 fully saturated rings. The predicted octanol–water partition coefficient (Wildman–Crippen LogP) is 2.54. The van der Waals surface area contributed by atoms with Crippen LogP contribution < -0.4 is 26.6 Å². The normalized spacial score (nSPS) is 17.2. The number of benzene rings is 3. The Kier molecular flexibility index (Phi) is 11.5. The van der Waals surface area contributed by atoms with Gasteiger partial charge in [0.25, 0.3) is 0 Å². The number of guanidine groups is 1. The average Bonchev–Trinajstić information content (AvgIpc) is 3.41. The van der Waals surface area contributed by atoms with Gasteiger partial charge >= 0.3 is 5.97 Å². The minimum Gasteiger partial charge on any atom is -0.508 e. The smallest absolute Gasteiger partial charge is 0.323 e. The Balaban J connectivity index is 1.37. The number of H-pyrrole nitrogens is 1. The first-order chi connectivity index (χ1) is 24.1. The highest BCUT2D eigenvalue weighted by atomic mass is 79.9. The lowest BCUT2D eigenvalue weighted by Crippen LogP contribution is -2.51. The number of phenols is 1. The number of fused-ring (bicyclic) bond motifs is 1. The summed E-state index contributed by atoms with van der Waals surface area (Å²) < 4.78 is 0.634. The van der Waals surface area contributed by atoms with Crippen LogP contribution in [0, 0.1) is 0 Å². The average molecular weight is 769 g/mol. The molecule has 0 radical (unpaired) electrons. The van der Waals surface area contributed by atoms with E-state index in [-0.39, 0.29) is 41.3 Å². The lowest BCUT2D eigenvalue weighted by atomic mass is 9.84. The molecule has 5 rings (SSSR count). The minimum absolute atomic E-state index is 0.0501. The maximum Gasteiger partial charge on any atom is 0.323 e. The predicted molar refractivity (Wildman–Crippen MR) is 194 cm³/mol. The number of aliphatic carboxylic acids is 1. The molecule has 1 amide bonds. The van der Waals surface area contributed by atoms with Crippen LogP contribution >= 0.6 is 15.9 Å². The van der Waals surface area contributed by atoms with Crippen molar-refractivity contribution >= 4 is 50.4 Å². The minimum atomic E-state index is -1.68. The van der Waals surface area contributed by atoms with Crippen LogP contribution in [0.15, 0.2) is 70.1 Å². The van der Waals surface area contributed by atoms with Crippen LogP contribution in [0.5, 0.6) is 11.5 Å². The number of aromatic amines is 1. The Bertz CT molecular complexity index is 1930. The second kappa shape index (κ2) is 15.7. The van der Waals surface area contributed by atoms with Gasteiger partial charge in [-0.2, -0.15) is 0 Å². The molecule has 1 aromatic heterocycles. The SMILES string of the molecule is CC(C)(C)c1cc(Br)cc(C(NC(=O)CNC(O)c2cc(O)cc(NC3=NCC(O)CN3)c2)[C@H](NC(O)c2[nH]c3ccccc3c2O)C(=O)O)c1. The molecule has 4 unspecified atom stereocenters. The number of hydrogen-bond donors (Lipinski definition) is 12. The van der Waals surface area contributed by atoms with Crippen molar-refractivity contribution in [3.63, 3.8) is 0 Å². The number of aromatic nitrogens is 1. The molecule has 4 aromatic rings. The third-order valence-electron chi connectivity index (χ3n) is 8.32. The van der Waals surface area contributed by atoms with Gasteiger partial charge in [0.2, 0.25) is 5.91 Å². The van der Waals surface area contributed by atoms with Crippen LogP contribution in [0.3, 0.4) is 0 Å². The number of nitrogens with one attached hydrogen (secondary N) is 6. The van der Waals surface area contributed by atoms with Gasteiger partial charge in [0.15, 0.2) is 5.96 Å². The van der Waals surface area contributed by atoms with E-state index in [1.54, 1.807) is 36.4 Å². The highest BCUT2D eigenvalue weighted by molar-refractivity contribution is 9.10. The third-order valence-corrected chi connectivity index (χ3v) is 8.78. The largest absolute Gasteiger partial charge is 0.508 e. The summed E-state index contributed by atoms with van der Waals surface area (Å²) in [6.07, 6.45) is -3.72. The summed E-state index contributed by atoms with van der Waals surface area (Å²) in [5.41, 5.74) is 1.98. The molecule has 2 heterocycles. The molecular weight excluding hydrogens is 726 g/mol. The summed E-state index contributed by atoms with van der Waals surface area (Å²) in [4.78, 5) is 33.4. The summed E-state index contributed by atoms with van der Waals surface area (Å²) in [7, 11) is 0. The van der Waals surface area contributed by atoms with Crippen molar-refractivity contribution in [1.29, 1.82) is 0 Å². The number of carboxylic acid groups (broad SMARTS) is 1. The van der Waals surface area contributed by atoms with Gasteiger partial charge in [-0.15, -0.1) is 0 Å². The van der Waals surface area contributed by atoms with E-state index in [2.05, 4.69) is 52.5 Å². The quantitative estimate of drug-likeness (QED) is 0.0931. The Morgan fingerprint density at radius 1 is 1.02 bits per heavy atom. The van der Waals surface area contributed by atoms with Crippen molar-refractivity contribution in [3.05, 3.63) is 87.5 Å². The van der Waals surface area contributed by atoms with Crippen molar-refractivity contribution in [2.75, 3.05) is 25.0 Å². The number of phenolic OH excluding ortho intramolecular Hbond substituents is 1. The number of nitrogens with zero attached hydrogens (tertiary/aromatic N) is 1. The first kappa shape index (κ1) is 37.5. The van der Waals surface area contributed by atoms with Gasteiger partial charge in [-0.25, -0.2) is 0 Å². The second-order valence-electron chi connectivity index (χ2n) is 13.3. The summed E-state index contributed by atoms with van der Waals surface area (Å²) in [5, 5.41) is 77.7. The number of aliphatic hydroxyl groups is 3.